The Morgan fingerprint density at radius 3 is 2.05 bits per heavy atom. The van der Waals surface area contributed by atoms with Gasteiger partial charge in [-0.2, -0.15) is 13.2 Å². The standard InChI is InChI=1S/C12H18F3NO3/c1-11(2,3)4-9(17)16-5-7(10(18)19)8(6-16)12(13,14)15/h7-8H,4-6H2,1-3H3,(H,18,19)/t7-,8-/m1/s1. The van der Waals surface area contributed by atoms with Crippen molar-refractivity contribution in [3.8, 4) is 0 Å². The van der Waals surface area contributed by atoms with Gasteiger partial charge in [0.1, 0.15) is 0 Å². The van der Waals surface area contributed by atoms with Crippen LogP contribution in [0.1, 0.15) is 27.2 Å². The van der Waals surface area contributed by atoms with Crippen molar-refractivity contribution in [2.75, 3.05) is 13.1 Å². The van der Waals surface area contributed by atoms with Crippen LogP contribution in [0.25, 0.3) is 0 Å². The Morgan fingerprint density at radius 2 is 1.74 bits per heavy atom. The summed E-state index contributed by atoms with van der Waals surface area (Å²) in [7, 11) is 0. The number of amides is 1. The molecule has 1 heterocycles. The highest BCUT2D eigenvalue weighted by Crippen LogP contribution is 2.38. The zero-order chi connectivity index (χ0) is 15.0. The first-order chi connectivity index (χ1) is 8.42. The molecule has 1 aliphatic heterocycles. The van der Waals surface area contributed by atoms with Gasteiger partial charge in [0.15, 0.2) is 0 Å². The van der Waals surface area contributed by atoms with Gasteiger partial charge in [-0.25, -0.2) is 0 Å². The van der Waals surface area contributed by atoms with Crippen LogP contribution in [0.5, 0.6) is 0 Å². The summed E-state index contributed by atoms with van der Waals surface area (Å²) in [4.78, 5) is 23.8. The van der Waals surface area contributed by atoms with Gasteiger partial charge >= 0.3 is 12.1 Å². The molecule has 1 rings (SSSR count). The van der Waals surface area contributed by atoms with Crippen molar-refractivity contribution in [3.63, 3.8) is 0 Å². The normalized spacial score (nSPS) is 24.6. The summed E-state index contributed by atoms with van der Waals surface area (Å²) in [5.74, 6) is -5.48. The van der Waals surface area contributed by atoms with Gasteiger partial charge in [-0.05, 0) is 5.41 Å². The number of carboxylic acid groups (broad SMARTS) is 1. The highest BCUT2D eigenvalue weighted by Gasteiger charge is 2.53. The molecule has 0 aromatic rings. The minimum atomic E-state index is -4.60. The second kappa shape index (κ2) is 5.02. The summed E-state index contributed by atoms with van der Waals surface area (Å²) in [6.07, 6.45) is -4.50. The molecule has 0 spiro atoms. The number of alkyl halides is 3. The highest BCUT2D eigenvalue weighted by atomic mass is 19.4. The van der Waals surface area contributed by atoms with E-state index in [0.29, 0.717) is 0 Å². The minimum absolute atomic E-state index is 0.101. The van der Waals surface area contributed by atoms with Gasteiger partial charge in [0, 0.05) is 19.5 Å². The molecule has 0 unspecified atom stereocenters. The molecule has 0 aromatic heterocycles. The molecule has 110 valence electrons. The van der Waals surface area contributed by atoms with E-state index in [2.05, 4.69) is 0 Å². The van der Waals surface area contributed by atoms with Crippen LogP contribution in [0.3, 0.4) is 0 Å². The molecule has 19 heavy (non-hydrogen) atoms. The van der Waals surface area contributed by atoms with Gasteiger partial charge in [-0.15, -0.1) is 0 Å². The quantitative estimate of drug-likeness (QED) is 0.843. The Balaban J connectivity index is 2.81. The van der Waals surface area contributed by atoms with Gasteiger partial charge in [-0.1, -0.05) is 20.8 Å². The third-order valence-corrected chi connectivity index (χ3v) is 3.09. The van der Waals surface area contributed by atoms with E-state index in [0.717, 1.165) is 4.90 Å². The average Bonchev–Trinajstić information content (AvgIpc) is 2.57. The van der Waals surface area contributed by atoms with E-state index in [-0.39, 0.29) is 18.4 Å². The number of rotatable bonds is 2. The maximum Gasteiger partial charge on any atom is 0.394 e. The second-order valence-electron chi connectivity index (χ2n) is 6.13. The van der Waals surface area contributed by atoms with Crippen LogP contribution in [0, 0.1) is 17.3 Å². The van der Waals surface area contributed by atoms with Crippen LogP contribution in [-0.2, 0) is 9.59 Å². The lowest BCUT2D eigenvalue weighted by Crippen LogP contribution is -2.34. The molecule has 0 bridgehead atoms. The van der Waals surface area contributed by atoms with Crippen molar-refractivity contribution in [2.45, 2.75) is 33.4 Å². The van der Waals surface area contributed by atoms with Crippen LogP contribution >= 0.6 is 0 Å². The number of carbonyl (C=O) groups excluding carboxylic acids is 1. The van der Waals surface area contributed by atoms with E-state index < -0.39 is 36.4 Å². The summed E-state index contributed by atoms with van der Waals surface area (Å²) in [5, 5.41) is 8.84. The van der Waals surface area contributed by atoms with Crippen molar-refractivity contribution in [1.29, 1.82) is 0 Å². The summed E-state index contributed by atoms with van der Waals surface area (Å²) in [6, 6.07) is 0. The molecule has 2 atom stereocenters. The zero-order valence-corrected chi connectivity index (χ0v) is 11.1. The Kier molecular flexibility index (Phi) is 4.17. The van der Waals surface area contributed by atoms with Crippen molar-refractivity contribution >= 4 is 11.9 Å². The number of halogens is 3. The molecule has 1 amide bonds. The first-order valence-corrected chi connectivity index (χ1v) is 5.99. The number of aliphatic carboxylic acids is 1. The largest absolute Gasteiger partial charge is 0.481 e. The molecule has 1 aliphatic rings. The van der Waals surface area contributed by atoms with Crippen molar-refractivity contribution in [2.24, 2.45) is 17.3 Å². The molecular formula is C12H18F3NO3. The molecule has 7 heteroatoms. The predicted molar refractivity (Wildman–Crippen MR) is 61.3 cm³/mol. The number of likely N-dealkylation sites (tertiary alicyclic amines) is 1. The summed E-state index contributed by atoms with van der Waals surface area (Å²) < 4.78 is 38.2. The fourth-order valence-electron chi connectivity index (χ4n) is 2.15. The van der Waals surface area contributed by atoms with Gasteiger partial charge in [-0.3, -0.25) is 9.59 Å². The topological polar surface area (TPSA) is 57.6 Å². The number of carboxylic acids is 1. The summed E-state index contributed by atoms with van der Waals surface area (Å²) in [6.45, 7) is 4.48. The lowest BCUT2D eigenvalue weighted by atomic mass is 9.92. The van der Waals surface area contributed by atoms with Crippen LogP contribution in [0.15, 0.2) is 0 Å². The molecule has 1 N–H and O–H groups in total. The number of hydrogen-bond donors (Lipinski definition) is 1. The van der Waals surface area contributed by atoms with Crippen LogP contribution < -0.4 is 0 Å². The number of hydrogen-bond acceptors (Lipinski definition) is 2. The monoisotopic (exact) mass is 281 g/mol. The lowest BCUT2D eigenvalue weighted by molar-refractivity contribution is -0.188. The maximum atomic E-state index is 12.7. The van der Waals surface area contributed by atoms with E-state index in [4.69, 9.17) is 5.11 Å². The lowest BCUT2D eigenvalue weighted by Gasteiger charge is -2.23. The van der Waals surface area contributed by atoms with E-state index in [9.17, 15) is 22.8 Å². The number of carbonyl (C=O) groups is 2. The maximum absolute atomic E-state index is 12.7. The van der Waals surface area contributed by atoms with Crippen molar-refractivity contribution in [3.05, 3.63) is 0 Å². The number of nitrogens with zero attached hydrogens (tertiary/aromatic N) is 1. The molecule has 0 aliphatic carbocycles. The Labute approximate surface area is 109 Å². The fourth-order valence-corrected chi connectivity index (χ4v) is 2.15. The Hall–Kier alpha value is -1.27. The minimum Gasteiger partial charge on any atom is -0.481 e. The third kappa shape index (κ3) is 4.11. The molecule has 0 saturated carbocycles. The van der Waals surface area contributed by atoms with E-state index >= 15 is 0 Å². The van der Waals surface area contributed by atoms with Crippen molar-refractivity contribution in [1.82, 2.24) is 4.90 Å². The highest BCUT2D eigenvalue weighted by molar-refractivity contribution is 5.79. The van der Waals surface area contributed by atoms with Gasteiger partial charge in [0.05, 0.1) is 11.8 Å². The van der Waals surface area contributed by atoms with Gasteiger partial charge in [0.25, 0.3) is 0 Å². The molecule has 0 aromatic carbocycles. The third-order valence-electron chi connectivity index (χ3n) is 3.09. The van der Waals surface area contributed by atoms with E-state index in [1.54, 1.807) is 20.8 Å². The molecule has 1 fully saturated rings. The SMILES string of the molecule is CC(C)(C)CC(=O)N1C[C@@H](C(F)(F)F)[C@H](C(=O)O)C1. The van der Waals surface area contributed by atoms with Gasteiger partial charge in [0.2, 0.25) is 5.91 Å². The summed E-state index contributed by atoms with van der Waals surface area (Å²) >= 11 is 0. The van der Waals surface area contributed by atoms with E-state index in [1.807, 2.05) is 0 Å². The van der Waals surface area contributed by atoms with Crippen LogP contribution in [0.4, 0.5) is 13.2 Å². The van der Waals surface area contributed by atoms with Crippen molar-refractivity contribution < 1.29 is 27.9 Å². The molecule has 0 radical (unpaired) electrons. The first-order valence-electron chi connectivity index (χ1n) is 5.99. The smallest absolute Gasteiger partial charge is 0.394 e. The zero-order valence-electron chi connectivity index (χ0n) is 11.1. The molecule has 4 nitrogen and oxygen atoms in total. The van der Waals surface area contributed by atoms with E-state index in [1.165, 1.54) is 0 Å². The average molecular weight is 281 g/mol. The Morgan fingerprint density at radius 1 is 1.21 bits per heavy atom. The molecule has 1 saturated heterocycles. The summed E-state index contributed by atoms with van der Waals surface area (Å²) in [5.41, 5.74) is -0.341. The first kappa shape index (κ1) is 15.8. The van der Waals surface area contributed by atoms with Crippen LogP contribution in [0.2, 0.25) is 0 Å². The Bertz CT molecular complexity index is 373. The predicted octanol–water partition coefficient (Wildman–Crippen LogP) is 2.14. The second-order valence-corrected chi connectivity index (χ2v) is 6.13. The van der Waals surface area contributed by atoms with Gasteiger partial charge < -0.3 is 10.0 Å². The fraction of sp³-hybridized carbons (Fsp3) is 0.833. The van der Waals surface area contributed by atoms with Crippen LogP contribution in [-0.4, -0.2) is 41.1 Å². The molecular weight excluding hydrogens is 263 g/mol.